The number of aromatic nitrogens is 4. The summed E-state index contributed by atoms with van der Waals surface area (Å²) >= 11 is 9.39. The number of hydrogen-bond donors (Lipinski definition) is 2. The lowest BCUT2D eigenvalue weighted by Crippen LogP contribution is -2.16. The Balaban J connectivity index is 1.66. The summed E-state index contributed by atoms with van der Waals surface area (Å²) in [4.78, 5) is 23.5. The highest BCUT2D eigenvalue weighted by molar-refractivity contribution is 9.10. The van der Waals surface area contributed by atoms with Gasteiger partial charge >= 0.3 is 5.97 Å². The second-order valence-corrected chi connectivity index (χ2v) is 6.70. The molecule has 0 aliphatic carbocycles. The van der Waals surface area contributed by atoms with Crippen molar-refractivity contribution in [3.8, 4) is 5.75 Å². The molecule has 2 aromatic heterocycles. The van der Waals surface area contributed by atoms with E-state index in [-0.39, 0.29) is 23.8 Å². The zero-order valence-corrected chi connectivity index (χ0v) is 16.2. The van der Waals surface area contributed by atoms with Gasteiger partial charge in [-0.15, -0.1) is 0 Å². The number of aromatic carboxylic acids is 1. The van der Waals surface area contributed by atoms with Crippen molar-refractivity contribution in [2.45, 2.75) is 6.73 Å². The van der Waals surface area contributed by atoms with E-state index in [0.29, 0.717) is 10.8 Å². The number of halogens is 2. The molecule has 11 heteroatoms. The Morgan fingerprint density at radius 1 is 1.37 bits per heavy atom. The van der Waals surface area contributed by atoms with Gasteiger partial charge < -0.3 is 15.2 Å². The number of ether oxygens (including phenoxy) is 1. The molecule has 0 aliphatic heterocycles. The van der Waals surface area contributed by atoms with Crippen molar-refractivity contribution in [3.63, 3.8) is 0 Å². The van der Waals surface area contributed by atoms with Gasteiger partial charge in [0.2, 0.25) is 0 Å². The van der Waals surface area contributed by atoms with Gasteiger partial charge in [0.1, 0.15) is 5.75 Å². The van der Waals surface area contributed by atoms with E-state index < -0.39 is 11.9 Å². The van der Waals surface area contributed by atoms with Crippen LogP contribution in [0.25, 0.3) is 0 Å². The predicted molar refractivity (Wildman–Crippen MR) is 100 cm³/mol. The average molecular weight is 455 g/mol. The van der Waals surface area contributed by atoms with Crippen LogP contribution >= 0.6 is 27.5 Å². The maximum Gasteiger partial charge on any atom is 0.356 e. The summed E-state index contributed by atoms with van der Waals surface area (Å²) in [6.45, 7) is 0.0436. The van der Waals surface area contributed by atoms with E-state index in [9.17, 15) is 14.7 Å². The minimum absolute atomic E-state index is 0.0436. The molecule has 1 amide bonds. The van der Waals surface area contributed by atoms with E-state index in [1.807, 2.05) is 0 Å². The third-order valence-electron chi connectivity index (χ3n) is 3.51. The van der Waals surface area contributed by atoms with E-state index in [2.05, 4.69) is 31.4 Å². The third kappa shape index (κ3) is 4.29. The van der Waals surface area contributed by atoms with Crippen LogP contribution in [0.1, 0.15) is 21.0 Å². The SMILES string of the molecule is Cn1ncc(NC(=O)c2ccn(COc3ccc(Br)cc3Cl)n2)c1C(=O)O. The first-order valence-electron chi connectivity index (χ1n) is 7.53. The molecule has 3 aromatic rings. The number of carbonyl (C=O) groups excluding carboxylic acids is 1. The lowest BCUT2D eigenvalue weighted by atomic mass is 10.3. The van der Waals surface area contributed by atoms with E-state index in [1.54, 1.807) is 24.4 Å². The fourth-order valence-corrected chi connectivity index (χ4v) is 2.98. The van der Waals surface area contributed by atoms with Crippen LogP contribution in [0, 0.1) is 0 Å². The number of benzene rings is 1. The Morgan fingerprint density at radius 2 is 2.15 bits per heavy atom. The Hall–Kier alpha value is -2.85. The second-order valence-electron chi connectivity index (χ2n) is 5.38. The molecule has 1 aromatic carbocycles. The molecular weight excluding hydrogens is 442 g/mol. The normalized spacial score (nSPS) is 10.6. The lowest BCUT2D eigenvalue weighted by molar-refractivity contribution is 0.0686. The molecule has 3 rings (SSSR count). The largest absolute Gasteiger partial charge is 0.476 e. The van der Waals surface area contributed by atoms with E-state index in [0.717, 1.165) is 9.15 Å². The number of anilines is 1. The summed E-state index contributed by atoms with van der Waals surface area (Å²) in [5.74, 6) is -1.29. The number of hydrogen-bond acceptors (Lipinski definition) is 5. The minimum Gasteiger partial charge on any atom is -0.476 e. The molecule has 0 fully saturated rings. The van der Waals surface area contributed by atoms with Crippen LogP contribution in [-0.4, -0.2) is 36.5 Å². The summed E-state index contributed by atoms with van der Waals surface area (Å²) in [5.41, 5.74) is 0.0548. The van der Waals surface area contributed by atoms with E-state index >= 15 is 0 Å². The number of nitrogens with zero attached hydrogens (tertiary/aromatic N) is 4. The van der Waals surface area contributed by atoms with E-state index in [4.69, 9.17) is 16.3 Å². The average Bonchev–Trinajstić information content (AvgIpc) is 3.21. The highest BCUT2D eigenvalue weighted by atomic mass is 79.9. The highest BCUT2D eigenvalue weighted by Gasteiger charge is 2.19. The molecule has 0 bridgehead atoms. The second kappa shape index (κ2) is 7.80. The smallest absolute Gasteiger partial charge is 0.356 e. The molecule has 0 unspecified atom stereocenters. The van der Waals surface area contributed by atoms with Crippen LogP contribution in [0.4, 0.5) is 5.69 Å². The molecule has 140 valence electrons. The van der Waals surface area contributed by atoms with Crippen LogP contribution < -0.4 is 10.1 Å². The van der Waals surface area contributed by atoms with Crippen molar-refractivity contribution >= 4 is 45.1 Å². The van der Waals surface area contributed by atoms with Gasteiger partial charge in [-0.1, -0.05) is 27.5 Å². The number of amides is 1. The molecule has 9 nitrogen and oxygen atoms in total. The van der Waals surface area contributed by atoms with Crippen LogP contribution in [0.3, 0.4) is 0 Å². The van der Waals surface area contributed by atoms with Gasteiger partial charge in [0.05, 0.1) is 16.9 Å². The van der Waals surface area contributed by atoms with Crippen LogP contribution in [0.15, 0.2) is 41.1 Å². The van der Waals surface area contributed by atoms with Crippen LogP contribution in [0.2, 0.25) is 5.02 Å². The maximum absolute atomic E-state index is 12.3. The first kappa shape index (κ1) is 18.9. The molecule has 0 saturated heterocycles. The molecular formula is C16H13BrClN5O4. The van der Waals surface area contributed by atoms with Gasteiger partial charge in [-0.25, -0.2) is 9.48 Å². The van der Waals surface area contributed by atoms with Crippen molar-refractivity contribution in [3.05, 3.63) is 57.5 Å². The van der Waals surface area contributed by atoms with Crippen molar-refractivity contribution in [1.82, 2.24) is 19.6 Å². The third-order valence-corrected chi connectivity index (χ3v) is 4.30. The number of carbonyl (C=O) groups is 2. The quantitative estimate of drug-likeness (QED) is 0.592. The number of nitrogens with one attached hydrogen (secondary N) is 1. The van der Waals surface area contributed by atoms with Crippen molar-refractivity contribution in [1.29, 1.82) is 0 Å². The van der Waals surface area contributed by atoms with Gasteiger partial charge in [-0.05, 0) is 24.3 Å². The Labute approximate surface area is 166 Å². The molecule has 0 atom stereocenters. The molecule has 0 radical (unpaired) electrons. The van der Waals surface area contributed by atoms with Gasteiger partial charge in [-0.2, -0.15) is 10.2 Å². The summed E-state index contributed by atoms with van der Waals surface area (Å²) < 4.78 is 8.97. The first-order chi connectivity index (χ1) is 12.8. The van der Waals surface area contributed by atoms with Crippen LogP contribution in [-0.2, 0) is 13.8 Å². The Morgan fingerprint density at radius 3 is 2.85 bits per heavy atom. The zero-order valence-electron chi connectivity index (χ0n) is 13.9. The van der Waals surface area contributed by atoms with E-state index in [1.165, 1.54) is 24.0 Å². The van der Waals surface area contributed by atoms with Gasteiger partial charge in [0.25, 0.3) is 5.91 Å². The lowest BCUT2D eigenvalue weighted by Gasteiger charge is -2.08. The molecule has 0 saturated carbocycles. The minimum atomic E-state index is -1.20. The summed E-state index contributed by atoms with van der Waals surface area (Å²) in [7, 11) is 1.47. The van der Waals surface area contributed by atoms with Crippen molar-refractivity contribution in [2.24, 2.45) is 7.05 Å². The fraction of sp³-hybridized carbons (Fsp3) is 0.125. The monoisotopic (exact) mass is 453 g/mol. The molecule has 0 spiro atoms. The fourth-order valence-electron chi connectivity index (χ4n) is 2.25. The number of carboxylic acids is 1. The molecule has 2 heterocycles. The summed E-state index contributed by atoms with van der Waals surface area (Å²) in [5, 5.41) is 20.0. The number of aryl methyl sites for hydroxylation is 1. The molecule has 0 aliphatic rings. The first-order valence-corrected chi connectivity index (χ1v) is 8.70. The summed E-state index contributed by atoms with van der Waals surface area (Å²) in [6, 6.07) is 6.68. The standard InChI is InChI=1S/C16H13BrClN5O4/c1-22-14(16(25)26)12(7-19-22)20-15(24)11-4-5-23(21-11)8-27-13-3-2-9(17)6-10(13)18/h2-7H,8H2,1H3,(H,20,24)(H,25,26). The van der Waals surface area contributed by atoms with Gasteiger partial charge in [-0.3, -0.25) is 9.48 Å². The van der Waals surface area contributed by atoms with Gasteiger partial charge in [0.15, 0.2) is 18.1 Å². The van der Waals surface area contributed by atoms with Gasteiger partial charge in [0, 0.05) is 17.7 Å². The zero-order chi connectivity index (χ0) is 19.6. The van der Waals surface area contributed by atoms with Crippen LogP contribution in [0.5, 0.6) is 5.75 Å². The topological polar surface area (TPSA) is 111 Å². The van der Waals surface area contributed by atoms with Crippen molar-refractivity contribution < 1.29 is 19.4 Å². The number of rotatable bonds is 6. The Kier molecular flexibility index (Phi) is 5.47. The van der Waals surface area contributed by atoms with Crippen molar-refractivity contribution in [2.75, 3.05) is 5.32 Å². The maximum atomic E-state index is 12.3. The molecule has 2 N–H and O–H groups in total. The summed E-state index contributed by atoms with van der Waals surface area (Å²) in [6.07, 6.45) is 2.82. The highest BCUT2D eigenvalue weighted by Crippen LogP contribution is 2.27. The molecule has 27 heavy (non-hydrogen) atoms. The Bertz CT molecular complexity index is 1020. The predicted octanol–water partition coefficient (Wildman–Crippen LogP) is 3.02. The number of carboxylic acid groups (broad SMARTS) is 1.